The summed E-state index contributed by atoms with van der Waals surface area (Å²) in [6.45, 7) is 8.46. The second kappa shape index (κ2) is 10.8. The van der Waals surface area contributed by atoms with Gasteiger partial charge in [-0.05, 0) is 32.4 Å². The Balaban J connectivity index is 1.85. The summed E-state index contributed by atoms with van der Waals surface area (Å²) in [4.78, 5) is 15.9. The molecule has 7 heteroatoms. The van der Waals surface area contributed by atoms with Gasteiger partial charge < -0.3 is 25.4 Å². The number of aryl methyl sites for hydroxylation is 1. The summed E-state index contributed by atoms with van der Waals surface area (Å²) in [5.41, 5.74) is 2.22. The van der Waals surface area contributed by atoms with E-state index < -0.39 is 0 Å². The van der Waals surface area contributed by atoms with Crippen LogP contribution in [0.25, 0.3) is 0 Å². The summed E-state index contributed by atoms with van der Waals surface area (Å²) in [5, 5.41) is 9.32. The number of benzene rings is 1. The lowest BCUT2D eigenvalue weighted by molar-refractivity contribution is -0.121. The fraction of sp³-hybridized carbons (Fsp3) is 0.600. The van der Waals surface area contributed by atoms with Crippen molar-refractivity contribution in [3.63, 3.8) is 0 Å². The van der Waals surface area contributed by atoms with Crippen LogP contribution in [0, 0.1) is 6.92 Å². The van der Waals surface area contributed by atoms with Gasteiger partial charge >= 0.3 is 0 Å². The average molecular weight is 377 g/mol. The Labute approximate surface area is 161 Å². The highest BCUT2D eigenvalue weighted by Gasteiger charge is 2.18. The standard InChI is InChI=1S/C20H32N4O3/c1-14(2)24-19(25)7-9-22-20(21-4)23-12-16-6-5-15(3)11-18(16)27-17-8-10-26-13-17/h5-6,11,14,17H,7-10,12-13H2,1-4H3,(H,24,25)(H2,21,22,23). The summed E-state index contributed by atoms with van der Waals surface area (Å²) in [7, 11) is 1.71. The first-order valence-electron chi connectivity index (χ1n) is 9.55. The smallest absolute Gasteiger partial charge is 0.221 e. The Bertz CT molecular complexity index is 640. The number of hydrogen-bond donors (Lipinski definition) is 3. The summed E-state index contributed by atoms with van der Waals surface area (Å²) in [6, 6.07) is 6.35. The molecule has 1 atom stereocenters. The zero-order valence-corrected chi connectivity index (χ0v) is 16.8. The number of carbonyl (C=O) groups excluding carboxylic acids is 1. The second-order valence-corrected chi connectivity index (χ2v) is 7.04. The lowest BCUT2D eigenvalue weighted by atomic mass is 10.1. The molecule has 7 nitrogen and oxygen atoms in total. The number of amides is 1. The van der Waals surface area contributed by atoms with Gasteiger partial charge in [-0.1, -0.05) is 12.1 Å². The molecule has 0 spiro atoms. The van der Waals surface area contributed by atoms with E-state index in [0.717, 1.165) is 29.9 Å². The minimum atomic E-state index is 0.0287. The van der Waals surface area contributed by atoms with Crippen LogP contribution in [0.1, 0.15) is 37.8 Å². The van der Waals surface area contributed by atoms with Gasteiger partial charge in [-0.25, -0.2) is 0 Å². The monoisotopic (exact) mass is 376 g/mol. The number of hydrogen-bond acceptors (Lipinski definition) is 4. The molecule has 1 fully saturated rings. The molecule has 1 saturated heterocycles. The molecule has 3 N–H and O–H groups in total. The van der Waals surface area contributed by atoms with E-state index in [0.29, 0.717) is 32.1 Å². The largest absolute Gasteiger partial charge is 0.488 e. The van der Waals surface area contributed by atoms with Crippen LogP contribution in [0.2, 0.25) is 0 Å². The first-order valence-corrected chi connectivity index (χ1v) is 9.55. The Morgan fingerprint density at radius 2 is 2.19 bits per heavy atom. The fourth-order valence-electron chi connectivity index (χ4n) is 2.79. The van der Waals surface area contributed by atoms with Crippen molar-refractivity contribution in [1.82, 2.24) is 16.0 Å². The number of aliphatic imine (C=N–C) groups is 1. The van der Waals surface area contributed by atoms with E-state index in [1.54, 1.807) is 7.05 Å². The van der Waals surface area contributed by atoms with Crippen molar-refractivity contribution in [2.75, 3.05) is 26.8 Å². The molecule has 1 aromatic rings. The van der Waals surface area contributed by atoms with E-state index in [1.165, 1.54) is 0 Å². The number of ether oxygens (including phenoxy) is 2. The summed E-state index contributed by atoms with van der Waals surface area (Å²) in [6.07, 6.45) is 1.43. The molecule has 1 heterocycles. The van der Waals surface area contributed by atoms with Gasteiger partial charge in [-0.3, -0.25) is 9.79 Å². The summed E-state index contributed by atoms with van der Waals surface area (Å²) >= 11 is 0. The van der Waals surface area contributed by atoms with Crippen molar-refractivity contribution in [2.24, 2.45) is 4.99 Å². The Kier molecular flexibility index (Phi) is 8.39. The zero-order valence-electron chi connectivity index (χ0n) is 16.8. The Hall–Kier alpha value is -2.28. The highest BCUT2D eigenvalue weighted by atomic mass is 16.5. The average Bonchev–Trinajstić information content (AvgIpc) is 3.11. The molecule has 1 unspecified atom stereocenters. The SMILES string of the molecule is CN=C(NCCC(=O)NC(C)C)NCc1ccc(C)cc1OC1CCOC1. The summed E-state index contributed by atoms with van der Waals surface area (Å²) in [5.74, 6) is 1.56. The van der Waals surface area contributed by atoms with Crippen LogP contribution in [0.4, 0.5) is 0 Å². The molecule has 2 rings (SSSR count). The van der Waals surface area contributed by atoms with Crippen LogP contribution in [-0.2, 0) is 16.1 Å². The van der Waals surface area contributed by atoms with E-state index in [-0.39, 0.29) is 18.1 Å². The third-order valence-corrected chi connectivity index (χ3v) is 4.17. The minimum absolute atomic E-state index is 0.0287. The maximum absolute atomic E-state index is 11.7. The molecule has 1 aromatic carbocycles. The van der Waals surface area contributed by atoms with Crippen LogP contribution in [0.3, 0.4) is 0 Å². The van der Waals surface area contributed by atoms with Crippen molar-refractivity contribution >= 4 is 11.9 Å². The molecule has 0 radical (unpaired) electrons. The lowest BCUT2D eigenvalue weighted by Gasteiger charge is -2.18. The number of nitrogens with one attached hydrogen (secondary N) is 3. The summed E-state index contributed by atoms with van der Waals surface area (Å²) < 4.78 is 11.5. The third-order valence-electron chi connectivity index (χ3n) is 4.17. The van der Waals surface area contributed by atoms with Gasteiger partial charge in [0.05, 0.1) is 13.2 Å². The molecule has 1 aliphatic rings. The highest BCUT2D eigenvalue weighted by Crippen LogP contribution is 2.23. The van der Waals surface area contributed by atoms with Crippen LogP contribution >= 0.6 is 0 Å². The first kappa shape index (κ1) is 21.0. The molecule has 0 aliphatic carbocycles. The molecule has 150 valence electrons. The Morgan fingerprint density at radius 3 is 2.85 bits per heavy atom. The number of guanidine groups is 1. The Morgan fingerprint density at radius 1 is 1.37 bits per heavy atom. The van der Waals surface area contributed by atoms with E-state index >= 15 is 0 Å². The second-order valence-electron chi connectivity index (χ2n) is 7.04. The molecule has 0 aromatic heterocycles. The van der Waals surface area contributed by atoms with E-state index in [4.69, 9.17) is 9.47 Å². The van der Waals surface area contributed by atoms with Crippen molar-refractivity contribution < 1.29 is 14.3 Å². The van der Waals surface area contributed by atoms with Crippen molar-refractivity contribution in [1.29, 1.82) is 0 Å². The number of nitrogens with zero attached hydrogens (tertiary/aromatic N) is 1. The molecular formula is C20H32N4O3. The highest BCUT2D eigenvalue weighted by molar-refractivity contribution is 5.81. The van der Waals surface area contributed by atoms with Crippen molar-refractivity contribution in [3.05, 3.63) is 29.3 Å². The molecule has 27 heavy (non-hydrogen) atoms. The topological polar surface area (TPSA) is 84.0 Å². The van der Waals surface area contributed by atoms with Gasteiger partial charge in [0.15, 0.2) is 5.96 Å². The third kappa shape index (κ3) is 7.46. The van der Waals surface area contributed by atoms with Crippen LogP contribution in [0.5, 0.6) is 5.75 Å². The quantitative estimate of drug-likeness (QED) is 0.475. The normalized spacial score (nSPS) is 17.1. The molecular weight excluding hydrogens is 344 g/mol. The fourth-order valence-corrected chi connectivity index (χ4v) is 2.79. The van der Waals surface area contributed by atoms with E-state index in [1.807, 2.05) is 13.8 Å². The molecule has 0 saturated carbocycles. The number of carbonyl (C=O) groups is 1. The van der Waals surface area contributed by atoms with Crippen LogP contribution < -0.4 is 20.7 Å². The van der Waals surface area contributed by atoms with E-state index in [9.17, 15) is 4.79 Å². The number of rotatable bonds is 8. The van der Waals surface area contributed by atoms with Gasteiger partial charge in [0.25, 0.3) is 0 Å². The zero-order chi connectivity index (χ0) is 19.6. The predicted octanol–water partition coefficient (Wildman–Crippen LogP) is 1.74. The molecule has 1 amide bonds. The predicted molar refractivity (Wildman–Crippen MR) is 107 cm³/mol. The molecule has 0 bridgehead atoms. The maximum Gasteiger partial charge on any atom is 0.221 e. The maximum atomic E-state index is 11.7. The van der Waals surface area contributed by atoms with Gasteiger partial charge in [-0.15, -0.1) is 0 Å². The van der Waals surface area contributed by atoms with E-state index in [2.05, 4.69) is 46.1 Å². The van der Waals surface area contributed by atoms with Gasteiger partial charge in [0.1, 0.15) is 11.9 Å². The lowest BCUT2D eigenvalue weighted by Crippen LogP contribution is -2.39. The van der Waals surface area contributed by atoms with Crippen molar-refractivity contribution in [3.8, 4) is 5.75 Å². The molecule has 1 aliphatic heterocycles. The van der Waals surface area contributed by atoms with Crippen LogP contribution in [0.15, 0.2) is 23.2 Å². The van der Waals surface area contributed by atoms with Gasteiger partial charge in [0.2, 0.25) is 5.91 Å². The first-order chi connectivity index (χ1) is 13.0. The van der Waals surface area contributed by atoms with Gasteiger partial charge in [-0.2, -0.15) is 0 Å². The van der Waals surface area contributed by atoms with Crippen molar-refractivity contribution in [2.45, 2.75) is 52.3 Å². The van der Waals surface area contributed by atoms with Gasteiger partial charge in [0, 0.05) is 44.6 Å². The van der Waals surface area contributed by atoms with Crippen LogP contribution in [-0.4, -0.2) is 50.8 Å². The minimum Gasteiger partial charge on any atom is -0.488 e.